The van der Waals surface area contributed by atoms with Crippen LogP contribution >= 0.6 is 0 Å². The van der Waals surface area contributed by atoms with E-state index >= 15 is 0 Å². The minimum Gasteiger partial charge on any atom is -0.310 e. The Balaban J connectivity index is 1.09. The molecule has 59 heavy (non-hydrogen) atoms. The van der Waals surface area contributed by atoms with Crippen molar-refractivity contribution >= 4 is 60.2 Å². The third kappa shape index (κ3) is 6.40. The highest BCUT2D eigenvalue weighted by atomic mass is 15.1. The SMILES string of the molecule is c1ccc(-c2ccc(N(c3cccc(-c4ccc5ccc6ccccc6c5c4)c3)c3cccc(-c4ccc5ccc6ccccc6c5c4)c3)cc2-c2ccccc2)cc1. The zero-order valence-electron chi connectivity index (χ0n) is 32.5. The van der Waals surface area contributed by atoms with Crippen LogP contribution in [-0.4, -0.2) is 0 Å². The van der Waals surface area contributed by atoms with Gasteiger partial charge in [-0.3, -0.25) is 0 Å². The number of hydrogen-bond donors (Lipinski definition) is 0. The van der Waals surface area contributed by atoms with E-state index in [1.165, 1.54) is 87.6 Å². The second-order valence-corrected chi connectivity index (χ2v) is 15.3. The number of hydrogen-bond acceptors (Lipinski definition) is 1. The highest BCUT2D eigenvalue weighted by molar-refractivity contribution is 6.10. The van der Waals surface area contributed by atoms with Crippen LogP contribution in [0.5, 0.6) is 0 Å². The molecular weight excluding hydrogens is 711 g/mol. The molecule has 1 heteroatoms. The van der Waals surface area contributed by atoms with Gasteiger partial charge in [-0.1, -0.05) is 188 Å². The minimum atomic E-state index is 1.09. The van der Waals surface area contributed by atoms with Gasteiger partial charge >= 0.3 is 0 Å². The zero-order valence-corrected chi connectivity index (χ0v) is 32.5. The Morgan fingerprint density at radius 1 is 0.203 bits per heavy atom. The van der Waals surface area contributed by atoms with E-state index in [1.807, 2.05) is 0 Å². The summed E-state index contributed by atoms with van der Waals surface area (Å²) < 4.78 is 0. The molecule has 11 aromatic carbocycles. The molecule has 11 rings (SSSR count). The smallest absolute Gasteiger partial charge is 0.0468 e. The summed E-state index contributed by atoms with van der Waals surface area (Å²) in [4.78, 5) is 2.42. The van der Waals surface area contributed by atoms with Crippen LogP contribution in [0, 0.1) is 0 Å². The molecule has 0 aliphatic rings. The first-order chi connectivity index (χ1) is 29.2. The first kappa shape index (κ1) is 34.5. The number of rotatable bonds is 7. The predicted molar refractivity (Wildman–Crippen MR) is 253 cm³/mol. The van der Waals surface area contributed by atoms with Crippen molar-refractivity contribution in [2.75, 3.05) is 4.90 Å². The molecule has 0 spiro atoms. The van der Waals surface area contributed by atoms with E-state index in [4.69, 9.17) is 0 Å². The Morgan fingerprint density at radius 2 is 0.593 bits per heavy atom. The second kappa shape index (κ2) is 14.6. The van der Waals surface area contributed by atoms with Gasteiger partial charge in [-0.15, -0.1) is 0 Å². The van der Waals surface area contributed by atoms with Gasteiger partial charge in [0.1, 0.15) is 0 Å². The molecule has 0 heterocycles. The molecule has 0 aliphatic heterocycles. The summed E-state index contributed by atoms with van der Waals surface area (Å²) >= 11 is 0. The minimum absolute atomic E-state index is 1.09. The Hall–Kier alpha value is -7.74. The van der Waals surface area contributed by atoms with E-state index in [1.54, 1.807) is 0 Å². The molecule has 0 N–H and O–H groups in total. The summed E-state index contributed by atoms with van der Waals surface area (Å²) in [5, 5.41) is 10.1. The normalized spacial score (nSPS) is 11.4. The van der Waals surface area contributed by atoms with Crippen LogP contribution in [0.3, 0.4) is 0 Å². The van der Waals surface area contributed by atoms with Crippen LogP contribution in [0.15, 0.2) is 237 Å². The van der Waals surface area contributed by atoms with E-state index in [0.717, 1.165) is 17.1 Å². The predicted octanol–water partition coefficient (Wildman–Crippen LogP) is 16.4. The van der Waals surface area contributed by atoms with Gasteiger partial charge in [0.15, 0.2) is 0 Å². The monoisotopic (exact) mass is 749 g/mol. The number of fused-ring (bicyclic) bond motifs is 6. The maximum Gasteiger partial charge on any atom is 0.0468 e. The van der Waals surface area contributed by atoms with E-state index in [2.05, 4.69) is 241 Å². The molecule has 0 saturated heterocycles. The Kier molecular flexibility index (Phi) is 8.56. The van der Waals surface area contributed by atoms with E-state index in [-0.39, 0.29) is 0 Å². The molecular formula is C58H39N. The van der Waals surface area contributed by atoms with Gasteiger partial charge in [-0.2, -0.15) is 0 Å². The van der Waals surface area contributed by atoms with Crippen molar-refractivity contribution in [3.63, 3.8) is 0 Å². The fraction of sp³-hybridized carbons (Fsp3) is 0. The molecule has 0 saturated carbocycles. The van der Waals surface area contributed by atoms with E-state index in [9.17, 15) is 0 Å². The molecule has 11 aromatic rings. The lowest BCUT2D eigenvalue weighted by Crippen LogP contribution is -2.10. The Morgan fingerprint density at radius 3 is 1.12 bits per heavy atom. The van der Waals surface area contributed by atoms with Crippen molar-refractivity contribution < 1.29 is 0 Å². The average Bonchev–Trinajstić information content (AvgIpc) is 3.32. The maximum absolute atomic E-state index is 2.42. The van der Waals surface area contributed by atoms with Crippen LogP contribution in [0.25, 0.3) is 87.6 Å². The summed E-state index contributed by atoms with van der Waals surface area (Å²) in [6.07, 6.45) is 0. The summed E-state index contributed by atoms with van der Waals surface area (Å²) in [5.74, 6) is 0. The molecule has 0 bridgehead atoms. The second-order valence-electron chi connectivity index (χ2n) is 15.3. The molecule has 0 unspecified atom stereocenters. The van der Waals surface area contributed by atoms with Crippen LogP contribution < -0.4 is 4.90 Å². The van der Waals surface area contributed by atoms with Crippen molar-refractivity contribution in [2.24, 2.45) is 0 Å². The summed E-state index contributed by atoms with van der Waals surface area (Å²) in [6.45, 7) is 0. The van der Waals surface area contributed by atoms with Gasteiger partial charge in [0.2, 0.25) is 0 Å². The molecule has 1 nitrogen and oxygen atoms in total. The van der Waals surface area contributed by atoms with Crippen molar-refractivity contribution in [2.45, 2.75) is 0 Å². The Labute approximate surface area is 344 Å². The van der Waals surface area contributed by atoms with E-state index in [0.29, 0.717) is 0 Å². The maximum atomic E-state index is 2.42. The fourth-order valence-electron chi connectivity index (χ4n) is 8.86. The van der Waals surface area contributed by atoms with Gasteiger partial charge in [0, 0.05) is 17.1 Å². The number of anilines is 3. The standard InChI is InChI=1S/C58H39N/c1-3-13-40(14-4-1)55-34-33-52(39-58(55)41-15-5-2-6-16-41)59(50-21-11-19-46(35-50)48-31-29-44-27-25-42-17-7-9-23-53(42)56(44)37-48)51-22-12-20-47(36-51)49-32-30-45-28-26-43-18-8-10-24-54(43)57(45)38-49/h1-39H. The van der Waals surface area contributed by atoms with Gasteiger partial charge in [0.05, 0.1) is 0 Å². The number of nitrogens with zero attached hydrogens (tertiary/aromatic N) is 1. The first-order valence-electron chi connectivity index (χ1n) is 20.3. The average molecular weight is 750 g/mol. The highest BCUT2D eigenvalue weighted by Gasteiger charge is 2.18. The van der Waals surface area contributed by atoms with Gasteiger partial charge in [0.25, 0.3) is 0 Å². The van der Waals surface area contributed by atoms with E-state index < -0.39 is 0 Å². The highest BCUT2D eigenvalue weighted by Crippen LogP contribution is 2.43. The zero-order chi connectivity index (χ0) is 39.1. The van der Waals surface area contributed by atoms with Crippen molar-refractivity contribution in [1.82, 2.24) is 0 Å². The fourth-order valence-corrected chi connectivity index (χ4v) is 8.86. The number of benzene rings is 11. The molecule has 0 aromatic heterocycles. The lowest BCUT2D eigenvalue weighted by Gasteiger charge is -2.28. The van der Waals surface area contributed by atoms with Crippen LogP contribution in [-0.2, 0) is 0 Å². The van der Waals surface area contributed by atoms with Crippen molar-refractivity contribution in [3.8, 4) is 44.5 Å². The quantitative estimate of drug-likeness (QED) is 0.147. The lowest BCUT2D eigenvalue weighted by molar-refractivity contribution is 1.28. The third-order valence-electron chi connectivity index (χ3n) is 11.8. The topological polar surface area (TPSA) is 3.24 Å². The Bertz CT molecular complexity index is 3170. The third-order valence-corrected chi connectivity index (χ3v) is 11.8. The molecule has 0 aliphatic carbocycles. The molecule has 276 valence electrons. The van der Waals surface area contributed by atoms with Crippen molar-refractivity contribution in [3.05, 3.63) is 237 Å². The van der Waals surface area contributed by atoms with Crippen LogP contribution in [0.4, 0.5) is 17.1 Å². The van der Waals surface area contributed by atoms with Gasteiger partial charge in [-0.05, 0) is 136 Å². The lowest BCUT2D eigenvalue weighted by atomic mass is 9.93. The largest absolute Gasteiger partial charge is 0.310 e. The van der Waals surface area contributed by atoms with Crippen LogP contribution in [0.1, 0.15) is 0 Å². The molecule has 0 atom stereocenters. The van der Waals surface area contributed by atoms with Gasteiger partial charge < -0.3 is 4.90 Å². The molecule has 0 amide bonds. The van der Waals surface area contributed by atoms with Gasteiger partial charge in [-0.25, -0.2) is 0 Å². The van der Waals surface area contributed by atoms with Crippen molar-refractivity contribution in [1.29, 1.82) is 0 Å². The summed E-state index contributed by atoms with van der Waals surface area (Å²) in [7, 11) is 0. The molecule has 0 radical (unpaired) electrons. The first-order valence-corrected chi connectivity index (χ1v) is 20.3. The molecule has 0 fully saturated rings. The summed E-state index contributed by atoms with van der Waals surface area (Å²) in [6, 6.07) is 86.4. The van der Waals surface area contributed by atoms with Crippen LogP contribution in [0.2, 0.25) is 0 Å². The summed E-state index contributed by atoms with van der Waals surface area (Å²) in [5.41, 5.74) is 12.8.